The molecule has 26 heavy (non-hydrogen) atoms. The maximum atomic E-state index is 11.0. The van der Waals surface area contributed by atoms with Crippen molar-refractivity contribution in [2.45, 2.75) is 69.2 Å². The first kappa shape index (κ1) is 19.2. The van der Waals surface area contributed by atoms with E-state index in [4.69, 9.17) is 10.5 Å². The van der Waals surface area contributed by atoms with Crippen molar-refractivity contribution >= 4 is 25.1 Å². The number of nitrogens with two attached hydrogens (primary N) is 1. The third kappa shape index (κ3) is 2.81. The number of nitrogen functional groups attached to an aromatic ring is 1. The molecule has 0 amide bonds. The van der Waals surface area contributed by atoms with E-state index >= 15 is 0 Å². The summed E-state index contributed by atoms with van der Waals surface area (Å²) in [4.78, 5) is 12.2. The Kier molecular flexibility index (Phi) is 4.60. The first-order valence-electron chi connectivity index (χ1n) is 8.59. The second kappa shape index (κ2) is 6.24. The van der Waals surface area contributed by atoms with Crippen LogP contribution in [0.15, 0.2) is 12.7 Å². The molecule has 1 saturated heterocycles. The van der Waals surface area contributed by atoms with Crippen molar-refractivity contribution in [1.82, 2.24) is 19.5 Å². The van der Waals surface area contributed by atoms with Gasteiger partial charge in [0.15, 0.2) is 17.7 Å². The Labute approximate surface area is 152 Å². The predicted molar refractivity (Wildman–Crippen MR) is 98.9 cm³/mol. The Balaban J connectivity index is 1.94. The number of imidazole rings is 1. The van der Waals surface area contributed by atoms with Crippen molar-refractivity contribution in [2.75, 3.05) is 5.73 Å². The van der Waals surface area contributed by atoms with E-state index in [1.54, 1.807) is 0 Å². The fraction of sp³-hybridized carbons (Fsp3) is 0.688. The summed E-state index contributed by atoms with van der Waals surface area (Å²) in [6.07, 6.45) is -1.53. The highest BCUT2D eigenvalue weighted by Crippen LogP contribution is 2.43. The first-order chi connectivity index (χ1) is 12.0. The molecular weight excluding hydrogens is 354 g/mol. The fourth-order valence-electron chi connectivity index (χ4n) is 3.09. The fourth-order valence-corrected chi connectivity index (χ4v) is 5.07. The van der Waals surface area contributed by atoms with Crippen LogP contribution in [0.2, 0.25) is 18.1 Å². The highest BCUT2D eigenvalue weighted by atomic mass is 28.3. The van der Waals surface area contributed by atoms with E-state index < -0.39 is 38.3 Å². The Hall–Kier alpha value is -1.59. The van der Waals surface area contributed by atoms with Crippen LogP contribution in [0.1, 0.15) is 27.0 Å². The lowest BCUT2D eigenvalue weighted by atomic mass is 10.1. The Morgan fingerprint density at radius 1 is 1.19 bits per heavy atom. The van der Waals surface area contributed by atoms with Gasteiger partial charge >= 0.3 is 0 Å². The molecule has 0 aliphatic carbocycles. The summed E-state index contributed by atoms with van der Waals surface area (Å²) in [6.45, 7) is 10.3. The maximum absolute atomic E-state index is 11.0. The van der Waals surface area contributed by atoms with Crippen LogP contribution < -0.4 is 5.73 Å². The van der Waals surface area contributed by atoms with Crippen LogP contribution in [0.25, 0.3) is 11.2 Å². The van der Waals surface area contributed by atoms with Gasteiger partial charge in [-0.1, -0.05) is 33.9 Å². The largest absolute Gasteiger partial charge is 0.394 e. The molecule has 5 atom stereocenters. The zero-order valence-corrected chi connectivity index (χ0v) is 16.7. The molecule has 5 N–H and O–H groups in total. The number of fused-ring (bicyclic) bond motifs is 1. The highest BCUT2D eigenvalue weighted by Gasteiger charge is 2.54. The van der Waals surface area contributed by atoms with Gasteiger partial charge in [0.2, 0.25) is 0 Å². The number of aromatic nitrogens is 4. The molecule has 1 fully saturated rings. The van der Waals surface area contributed by atoms with Gasteiger partial charge in [0.1, 0.15) is 30.2 Å². The van der Waals surface area contributed by atoms with E-state index in [0.29, 0.717) is 11.2 Å². The van der Waals surface area contributed by atoms with Crippen LogP contribution in [0.4, 0.5) is 5.82 Å². The van der Waals surface area contributed by atoms with Gasteiger partial charge in [0, 0.05) is 0 Å². The quantitative estimate of drug-likeness (QED) is 0.562. The van der Waals surface area contributed by atoms with Crippen LogP contribution in [0.3, 0.4) is 0 Å². The van der Waals surface area contributed by atoms with Gasteiger partial charge in [0.05, 0.1) is 20.1 Å². The van der Waals surface area contributed by atoms with Crippen molar-refractivity contribution in [2.24, 2.45) is 0 Å². The summed E-state index contributed by atoms with van der Waals surface area (Å²) >= 11 is 0. The second-order valence-corrected chi connectivity index (χ2v) is 14.0. The molecule has 2 aromatic heterocycles. The molecule has 1 unspecified atom stereocenters. The number of hydrogen-bond donors (Lipinski definition) is 4. The Morgan fingerprint density at radius 3 is 2.46 bits per heavy atom. The molecule has 144 valence electrons. The minimum Gasteiger partial charge on any atom is -0.394 e. The van der Waals surface area contributed by atoms with Gasteiger partial charge in [-0.15, -0.1) is 0 Å². The number of aliphatic hydroxyl groups excluding tert-OH is 3. The third-order valence-corrected chi connectivity index (χ3v) is 11.6. The summed E-state index contributed by atoms with van der Waals surface area (Å²) in [6, 6.07) is 0. The average molecular weight is 382 g/mol. The molecule has 10 heteroatoms. The highest BCUT2D eigenvalue weighted by molar-refractivity contribution is 6.81. The van der Waals surface area contributed by atoms with Gasteiger partial charge in [-0.2, -0.15) is 0 Å². The van der Waals surface area contributed by atoms with E-state index in [2.05, 4.69) is 35.7 Å². The smallest absolute Gasteiger partial charge is 0.167 e. The SMILES string of the molecule is CC(C)(C)[Si](C)(C)C(O)[C@H]1O[C@@H](n2cnc3c(N)ncnc32)[C@H](O)[C@@H]1O. The number of aliphatic hydroxyl groups is 3. The van der Waals surface area contributed by atoms with E-state index in [0.717, 1.165) is 0 Å². The number of anilines is 1. The van der Waals surface area contributed by atoms with E-state index in [9.17, 15) is 15.3 Å². The van der Waals surface area contributed by atoms with Crippen molar-refractivity contribution in [3.05, 3.63) is 12.7 Å². The van der Waals surface area contributed by atoms with E-state index in [1.807, 2.05) is 13.1 Å². The minimum absolute atomic E-state index is 0.109. The summed E-state index contributed by atoms with van der Waals surface area (Å²) in [5.41, 5.74) is 5.74. The van der Waals surface area contributed by atoms with Crippen LogP contribution >= 0.6 is 0 Å². The zero-order chi connectivity index (χ0) is 19.4. The molecule has 3 heterocycles. The topological polar surface area (TPSA) is 140 Å². The number of nitrogens with zero attached hydrogens (tertiary/aromatic N) is 4. The summed E-state index contributed by atoms with van der Waals surface area (Å²) in [5, 5.41) is 32.0. The van der Waals surface area contributed by atoms with Gasteiger partial charge in [0.25, 0.3) is 0 Å². The Morgan fingerprint density at radius 2 is 1.85 bits per heavy atom. The number of ether oxygens (including phenoxy) is 1. The summed E-state index contributed by atoms with van der Waals surface area (Å²) in [5.74, 6) is 0.222. The molecular formula is C16H27N5O4Si. The molecule has 0 radical (unpaired) electrons. The standard InChI is InChI=1S/C16H27N5O4Si/c1-16(2,3)26(4,5)15(24)11-9(22)10(23)14(25-11)21-7-20-8-12(17)18-6-19-13(8)21/h6-7,9-11,14-15,22-24H,1-5H3,(H2,17,18,19)/t9-,10+,11-,14+,15?/m0/s1. The molecule has 9 nitrogen and oxygen atoms in total. The van der Waals surface area contributed by atoms with Crippen molar-refractivity contribution in [1.29, 1.82) is 0 Å². The lowest BCUT2D eigenvalue weighted by molar-refractivity contribution is -0.0649. The number of hydrogen-bond acceptors (Lipinski definition) is 8. The number of rotatable bonds is 3. The zero-order valence-electron chi connectivity index (χ0n) is 15.7. The molecule has 0 saturated carbocycles. The average Bonchev–Trinajstić information content (AvgIpc) is 3.09. The minimum atomic E-state index is -2.23. The van der Waals surface area contributed by atoms with Gasteiger partial charge in [-0.05, 0) is 5.04 Å². The molecule has 1 aliphatic rings. The van der Waals surface area contributed by atoms with Crippen molar-refractivity contribution in [3.63, 3.8) is 0 Å². The van der Waals surface area contributed by atoms with Crippen LogP contribution in [0, 0.1) is 0 Å². The lowest BCUT2D eigenvalue weighted by Crippen LogP contribution is -2.57. The summed E-state index contributed by atoms with van der Waals surface area (Å²) in [7, 11) is -2.23. The summed E-state index contributed by atoms with van der Waals surface area (Å²) < 4.78 is 7.44. The molecule has 0 bridgehead atoms. The molecule has 2 aromatic rings. The van der Waals surface area contributed by atoms with Crippen LogP contribution in [-0.2, 0) is 4.74 Å². The van der Waals surface area contributed by atoms with Crippen molar-refractivity contribution < 1.29 is 20.1 Å². The second-order valence-electron chi connectivity index (χ2n) is 8.47. The normalized spacial score (nSPS) is 28.6. The predicted octanol–water partition coefficient (Wildman–Crippen LogP) is 0.436. The van der Waals surface area contributed by atoms with Crippen molar-refractivity contribution in [3.8, 4) is 0 Å². The molecule has 0 spiro atoms. The molecule has 3 rings (SSSR count). The third-order valence-electron chi connectivity index (χ3n) is 5.92. The lowest BCUT2D eigenvalue weighted by Gasteiger charge is -2.43. The molecule has 0 aromatic carbocycles. The monoisotopic (exact) mass is 381 g/mol. The molecule has 1 aliphatic heterocycles. The first-order valence-corrected chi connectivity index (χ1v) is 11.7. The van der Waals surface area contributed by atoms with Gasteiger partial charge in [-0.25, -0.2) is 15.0 Å². The van der Waals surface area contributed by atoms with Gasteiger partial charge < -0.3 is 25.8 Å². The van der Waals surface area contributed by atoms with E-state index in [1.165, 1.54) is 17.2 Å². The Bertz CT molecular complexity index is 806. The van der Waals surface area contributed by atoms with Crippen LogP contribution in [-0.4, -0.2) is 67.0 Å². The maximum Gasteiger partial charge on any atom is 0.167 e. The van der Waals surface area contributed by atoms with Crippen LogP contribution in [0.5, 0.6) is 0 Å². The van der Waals surface area contributed by atoms with Gasteiger partial charge in [-0.3, -0.25) is 4.57 Å². The van der Waals surface area contributed by atoms with E-state index in [-0.39, 0.29) is 10.9 Å².